The van der Waals surface area contributed by atoms with Crippen molar-refractivity contribution in [3.8, 4) is 17.6 Å². The highest BCUT2D eigenvalue weighted by atomic mass is 32.1. The lowest BCUT2D eigenvalue weighted by molar-refractivity contribution is 0.403. The largest absolute Gasteiger partial charge is 0.504 e. The Morgan fingerprint density at radius 2 is 2.06 bits per heavy atom. The molecule has 0 aliphatic rings. The first kappa shape index (κ1) is 11.2. The Balaban J connectivity index is 2.43. The van der Waals surface area contributed by atoms with Crippen LogP contribution in [0.1, 0.15) is 11.1 Å². The van der Waals surface area contributed by atoms with Gasteiger partial charge in [0, 0.05) is 0 Å². The van der Waals surface area contributed by atoms with Gasteiger partial charge in [0.15, 0.2) is 11.5 Å². The fraction of sp³-hybridized carbons (Fsp3) is 0. The Bertz CT molecular complexity index is 594. The molecule has 2 aromatic rings. The predicted molar refractivity (Wildman–Crippen MR) is 67.6 cm³/mol. The van der Waals surface area contributed by atoms with Crippen molar-refractivity contribution in [1.82, 2.24) is 0 Å². The van der Waals surface area contributed by atoms with Crippen LogP contribution in [0.25, 0.3) is 11.6 Å². The fourth-order valence-corrected chi connectivity index (χ4v) is 2.01. The smallest absolute Gasteiger partial charge is 0.158 e. The molecule has 84 valence electrons. The average Bonchev–Trinajstić information content (AvgIpc) is 2.82. The maximum absolute atomic E-state index is 9.39. The molecule has 1 aromatic carbocycles. The number of nitrogens with zero attached hydrogens (tertiary/aromatic N) is 1. The van der Waals surface area contributed by atoms with Crippen molar-refractivity contribution in [2.45, 2.75) is 0 Å². The number of benzene rings is 1. The van der Waals surface area contributed by atoms with Gasteiger partial charge in [-0.3, -0.25) is 0 Å². The molecule has 2 rings (SSSR count). The van der Waals surface area contributed by atoms with E-state index in [1.165, 1.54) is 12.1 Å². The van der Waals surface area contributed by atoms with Crippen LogP contribution in [0.3, 0.4) is 0 Å². The summed E-state index contributed by atoms with van der Waals surface area (Å²) in [5, 5.41) is 31.5. The van der Waals surface area contributed by atoms with E-state index in [4.69, 9.17) is 5.26 Å². The second kappa shape index (κ2) is 4.73. The number of aromatic hydroxyl groups is 2. The van der Waals surface area contributed by atoms with E-state index in [0.29, 0.717) is 11.1 Å². The van der Waals surface area contributed by atoms with Gasteiger partial charge in [-0.15, -0.1) is 0 Å². The molecule has 0 aliphatic heterocycles. The van der Waals surface area contributed by atoms with Crippen molar-refractivity contribution in [3.05, 3.63) is 46.2 Å². The third-order valence-electron chi connectivity index (χ3n) is 2.26. The number of rotatable bonds is 2. The number of hydrogen-bond acceptors (Lipinski definition) is 4. The highest BCUT2D eigenvalue weighted by molar-refractivity contribution is 7.08. The molecule has 17 heavy (non-hydrogen) atoms. The minimum absolute atomic E-state index is 0.193. The second-order valence-corrected chi connectivity index (χ2v) is 4.21. The van der Waals surface area contributed by atoms with Gasteiger partial charge in [0.05, 0.1) is 11.6 Å². The molecule has 0 bridgehead atoms. The molecule has 0 spiro atoms. The zero-order chi connectivity index (χ0) is 12.3. The van der Waals surface area contributed by atoms with E-state index in [2.05, 4.69) is 6.07 Å². The van der Waals surface area contributed by atoms with E-state index in [1.807, 2.05) is 16.8 Å². The average molecular weight is 243 g/mol. The van der Waals surface area contributed by atoms with Crippen LogP contribution in [-0.2, 0) is 0 Å². The molecule has 3 nitrogen and oxygen atoms in total. The molecule has 0 fully saturated rings. The molecule has 4 heteroatoms. The van der Waals surface area contributed by atoms with Crippen molar-refractivity contribution in [2.24, 2.45) is 0 Å². The van der Waals surface area contributed by atoms with Crippen LogP contribution in [0, 0.1) is 11.3 Å². The zero-order valence-corrected chi connectivity index (χ0v) is 9.61. The molecule has 1 aromatic heterocycles. The number of allylic oxidation sites excluding steroid dienone is 1. The second-order valence-electron chi connectivity index (χ2n) is 3.43. The van der Waals surface area contributed by atoms with E-state index in [0.717, 1.165) is 5.56 Å². The zero-order valence-electron chi connectivity index (χ0n) is 8.79. The molecule has 2 N–H and O–H groups in total. The molecule has 0 saturated heterocycles. The van der Waals surface area contributed by atoms with Crippen LogP contribution in [0.2, 0.25) is 0 Å². The van der Waals surface area contributed by atoms with Gasteiger partial charge < -0.3 is 10.2 Å². The van der Waals surface area contributed by atoms with Gasteiger partial charge in [-0.05, 0) is 52.2 Å². The predicted octanol–water partition coefficient (Wildman–Crippen LogP) is 3.22. The lowest BCUT2D eigenvalue weighted by Gasteiger charge is -2.01. The summed E-state index contributed by atoms with van der Waals surface area (Å²) >= 11 is 1.55. The lowest BCUT2D eigenvalue weighted by Crippen LogP contribution is -1.81. The molecule has 0 radical (unpaired) electrons. The normalized spacial score (nSPS) is 11.1. The van der Waals surface area contributed by atoms with Crippen molar-refractivity contribution >= 4 is 23.0 Å². The van der Waals surface area contributed by atoms with Gasteiger partial charge in [0.25, 0.3) is 0 Å². The van der Waals surface area contributed by atoms with Crippen LogP contribution in [0.15, 0.2) is 35.0 Å². The third-order valence-corrected chi connectivity index (χ3v) is 2.96. The number of nitriles is 1. The summed E-state index contributed by atoms with van der Waals surface area (Å²) in [7, 11) is 0. The standard InChI is InChI=1S/C13H9NO2S/c14-7-11(5-9-3-4-17-8-9)10-1-2-12(15)13(16)6-10/h1-6,8,15-16H/b11-5+. The van der Waals surface area contributed by atoms with Crippen LogP contribution in [0.5, 0.6) is 11.5 Å². The van der Waals surface area contributed by atoms with Crippen molar-refractivity contribution in [1.29, 1.82) is 5.26 Å². The summed E-state index contributed by atoms with van der Waals surface area (Å²) in [4.78, 5) is 0. The molecular weight excluding hydrogens is 234 g/mol. The van der Waals surface area contributed by atoms with Gasteiger partial charge in [0.2, 0.25) is 0 Å². The van der Waals surface area contributed by atoms with Gasteiger partial charge in [-0.25, -0.2) is 0 Å². The topological polar surface area (TPSA) is 64.2 Å². The van der Waals surface area contributed by atoms with Crippen LogP contribution in [-0.4, -0.2) is 10.2 Å². The number of hydrogen-bond donors (Lipinski definition) is 2. The molecule has 0 aliphatic carbocycles. The summed E-state index contributed by atoms with van der Waals surface area (Å²) in [5.41, 5.74) is 1.96. The molecule has 0 amide bonds. The quantitative estimate of drug-likeness (QED) is 0.628. The summed E-state index contributed by atoms with van der Waals surface area (Å²) in [6.07, 6.45) is 1.74. The van der Waals surface area contributed by atoms with E-state index in [9.17, 15) is 10.2 Å². The van der Waals surface area contributed by atoms with E-state index in [1.54, 1.807) is 23.5 Å². The molecule has 0 saturated carbocycles. The molecule has 0 unspecified atom stereocenters. The number of phenols is 2. The van der Waals surface area contributed by atoms with Crippen molar-refractivity contribution in [2.75, 3.05) is 0 Å². The first-order valence-electron chi connectivity index (χ1n) is 4.87. The molecular formula is C13H9NO2S. The van der Waals surface area contributed by atoms with Crippen molar-refractivity contribution < 1.29 is 10.2 Å². The highest BCUT2D eigenvalue weighted by Crippen LogP contribution is 2.29. The van der Waals surface area contributed by atoms with Crippen LogP contribution < -0.4 is 0 Å². The Labute approximate surface area is 103 Å². The van der Waals surface area contributed by atoms with Gasteiger partial charge in [-0.2, -0.15) is 16.6 Å². The summed E-state index contributed by atoms with van der Waals surface area (Å²) in [6, 6.07) is 8.31. The maximum Gasteiger partial charge on any atom is 0.158 e. The van der Waals surface area contributed by atoms with E-state index < -0.39 is 0 Å². The monoisotopic (exact) mass is 243 g/mol. The van der Waals surface area contributed by atoms with Gasteiger partial charge >= 0.3 is 0 Å². The van der Waals surface area contributed by atoms with Crippen LogP contribution in [0.4, 0.5) is 0 Å². The summed E-state index contributed by atoms with van der Waals surface area (Å²) in [5.74, 6) is -0.421. The Kier molecular flexibility index (Phi) is 3.12. The molecule has 0 atom stereocenters. The van der Waals surface area contributed by atoms with Crippen LogP contribution >= 0.6 is 11.3 Å². The lowest BCUT2D eigenvalue weighted by atomic mass is 10.0. The van der Waals surface area contributed by atoms with Crippen molar-refractivity contribution in [3.63, 3.8) is 0 Å². The van der Waals surface area contributed by atoms with Gasteiger partial charge in [0.1, 0.15) is 0 Å². The highest BCUT2D eigenvalue weighted by Gasteiger charge is 2.05. The Morgan fingerprint density at radius 3 is 2.65 bits per heavy atom. The summed E-state index contributed by atoms with van der Waals surface area (Å²) < 4.78 is 0. The molecule has 1 heterocycles. The Morgan fingerprint density at radius 1 is 1.24 bits per heavy atom. The van der Waals surface area contributed by atoms with E-state index in [-0.39, 0.29) is 11.5 Å². The first-order chi connectivity index (χ1) is 8.20. The number of phenolic OH excluding ortho intramolecular Hbond substituents is 2. The minimum atomic E-state index is -0.228. The first-order valence-corrected chi connectivity index (χ1v) is 5.81. The van der Waals surface area contributed by atoms with Gasteiger partial charge in [-0.1, -0.05) is 0 Å². The van der Waals surface area contributed by atoms with E-state index >= 15 is 0 Å². The maximum atomic E-state index is 9.39. The minimum Gasteiger partial charge on any atom is -0.504 e. The number of thiophene rings is 1. The fourth-order valence-electron chi connectivity index (χ4n) is 1.39. The third kappa shape index (κ3) is 2.47. The Hall–Kier alpha value is -2.25. The summed E-state index contributed by atoms with van der Waals surface area (Å²) in [6.45, 7) is 0. The SMILES string of the molecule is N#C/C(=C\c1ccsc1)c1ccc(O)c(O)c1.